The molecule has 4 aromatic rings. The molecule has 4 rings (SSSR count). The lowest BCUT2D eigenvalue weighted by atomic mass is 10.2. The fourth-order valence-corrected chi connectivity index (χ4v) is 4.92. The largest absolute Gasteiger partial charge is 0.305 e. The zero-order valence-electron chi connectivity index (χ0n) is 13.6. The summed E-state index contributed by atoms with van der Waals surface area (Å²) in [5.41, 5.74) is 1.47. The number of nitrogens with zero attached hydrogens (tertiary/aromatic N) is 5. The third-order valence-corrected chi connectivity index (χ3v) is 6.41. The lowest BCUT2D eigenvalue weighted by Crippen LogP contribution is -1.95. The summed E-state index contributed by atoms with van der Waals surface area (Å²) < 4.78 is 3.28. The van der Waals surface area contributed by atoms with Gasteiger partial charge in [-0.3, -0.25) is 10.1 Å². The number of fused-ring (bicyclic) bond motifs is 1. The van der Waals surface area contributed by atoms with Crippen molar-refractivity contribution in [1.29, 1.82) is 0 Å². The van der Waals surface area contributed by atoms with E-state index in [-0.39, 0.29) is 5.69 Å². The molecule has 11 heteroatoms. The Morgan fingerprint density at radius 3 is 2.74 bits per heavy atom. The molecule has 2 aromatic heterocycles. The van der Waals surface area contributed by atoms with Crippen LogP contribution in [0.2, 0.25) is 10.0 Å². The van der Waals surface area contributed by atoms with Crippen LogP contribution in [0, 0.1) is 10.1 Å². The van der Waals surface area contributed by atoms with E-state index < -0.39 is 4.92 Å². The first-order valence-corrected chi connectivity index (χ1v) is 9.89. The first-order chi connectivity index (χ1) is 12.9. The van der Waals surface area contributed by atoms with E-state index in [0.717, 1.165) is 14.6 Å². The second-order valence-corrected chi connectivity index (χ2v) is 8.57. The lowest BCUT2D eigenvalue weighted by molar-refractivity contribution is -0.384. The maximum absolute atomic E-state index is 10.9. The van der Waals surface area contributed by atoms with E-state index in [0.29, 0.717) is 26.5 Å². The molecule has 0 bridgehead atoms. The first kappa shape index (κ1) is 18.2. The molecule has 136 valence electrons. The topological polar surface area (TPSA) is 86.7 Å². The van der Waals surface area contributed by atoms with E-state index in [4.69, 9.17) is 23.2 Å². The monoisotopic (exact) mass is 437 g/mol. The number of thiazole rings is 1. The number of non-ortho nitro benzene ring substituents is 1. The molecule has 0 unspecified atom stereocenters. The van der Waals surface area contributed by atoms with Gasteiger partial charge in [-0.05, 0) is 36.0 Å². The quantitative estimate of drug-likeness (QED) is 0.311. The molecule has 0 spiro atoms. The number of halogens is 2. The summed E-state index contributed by atoms with van der Waals surface area (Å²) in [6.07, 6.45) is 0. The maximum Gasteiger partial charge on any atom is 0.270 e. The van der Waals surface area contributed by atoms with Gasteiger partial charge in [-0.15, -0.1) is 21.5 Å². The van der Waals surface area contributed by atoms with Gasteiger partial charge in [0.15, 0.2) is 15.3 Å². The Balaban J connectivity index is 1.66. The van der Waals surface area contributed by atoms with Gasteiger partial charge in [0.25, 0.3) is 5.69 Å². The third-order valence-electron chi connectivity index (χ3n) is 3.75. The van der Waals surface area contributed by atoms with Crippen molar-refractivity contribution in [3.05, 3.63) is 56.6 Å². The van der Waals surface area contributed by atoms with Gasteiger partial charge in [-0.1, -0.05) is 23.2 Å². The van der Waals surface area contributed by atoms with Crippen LogP contribution in [0.4, 0.5) is 5.69 Å². The minimum Gasteiger partial charge on any atom is -0.305 e. The number of hydrogen-bond donors (Lipinski definition) is 0. The van der Waals surface area contributed by atoms with Crippen molar-refractivity contribution < 1.29 is 4.92 Å². The van der Waals surface area contributed by atoms with Gasteiger partial charge in [0.1, 0.15) is 0 Å². The predicted molar refractivity (Wildman–Crippen MR) is 107 cm³/mol. The lowest BCUT2D eigenvalue weighted by Gasteiger charge is -2.05. The number of benzene rings is 2. The van der Waals surface area contributed by atoms with Crippen LogP contribution in [0.5, 0.6) is 0 Å². The van der Waals surface area contributed by atoms with E-state index in [1.165, 1.54) is 35.2 Å². The average Bonchev–Trinajstić information content (AvgIpc) is 3.18. The highest BCUT2D eigenvalue weighted by atomic mass is 35.5. The maximum atomic E-state index is 10.9. The van der Waals surface area contributed by atoms with Crippen molar-refractivity contribution in [2.45, 2.75) is 9.50 Å². The molecule has 2 heterocycles. The SMILES string of the molecule is Cn1c(Sc2nc3ccc([N+](=O)[O-])cc3s2)nnc1-c1ccc(Cl)cc1Cl. The standard InChI is InChI=1S/C16H9Cl2N5O2S2/c1-22-14(10-4-2-8(17)6-11(10)18)20-21-15(22)27-16-19-12-5-3-9(23(24)25)7-13(12)26-16/h2-7H,1H3. The van der Waals surface area contributed by atoms with Crippen molar-refractivity contribution in [3.8, 4) is 11.4 Å². The molecule has 0 radical (unpaired) electrons. The number of hydrogen-bond acceptors (Lipinski definition) is 7. The summed E-state index contributed by atoms with van der Waals surface area (Å²) >= 11 is 14.9. The van der Waals surface area contributed by atoms with Crippen LogP contribution in [0.15, 0.2) is 45.9 Å². The van der Waals surface area contributed by atoms with Crippen LogP contribution in [0.1, 0.15) is 0 Å². The minimum atomic E-state index is -0.420. The highest BCUT2D eigenvalue weighted by molar-refractivity contribution is 8.01. The molecule has 0 fully saturated rings. The van der Waals surface area contributed by atoms with Crippen LogP contribution in [-0.2, 0) is 7.05 Å². The highest BCUT2D eigenvalue weighted by Gasteiger charge is 2.17. The van der Waals surface area contributed by atoms with Crippen molar-refractivity contribution in [2.24, 2.45) is 7.05 Å². The molecule has 0 aliphatic carbocycles. The van der Waals surface area contributed by atoms with Gasteiger partial charge < -0.3 is 4.57 Å². The fraction of sp³-hybridized carbons (Fsp3) is 0.0625. The van der Waals surface area contributed by atoms with Gasteiger partial charge in [-0.25, -0.2) is 4.98 Å². The summed E-state index contributed by atoms with van der Waals surface area (Å²) in [5, 5.41) is 21.0. The van der Waals surface area contributed by atoms with Gasteiger partial charge in [0.05, 0.1) is 20.2 Å². The van der Waals surface area contributed by atoms with E-state index in [9.17, 15) is 10.1 Å². The van der Waals surface area contributed by atoms with Gasteiger partial charge in [0.2, 0.25) is 0 Å². The van der Waals surface area contributed by atoms with Crippen molar-refractivity contribution in [2.75, 3.05) is 0 Å². The smallest absolute Gasteiger partial charge is 0.270 e. The summed E-state index contributed by atoms with van der Waals surface area (Å²) in [4.78, 5) is 15.0. The van der Waals surface area contributed by atoms with Crippen LogP contribution >= 0.6 is 46.3 Å². The first-order valence-electron chi connectivity index (χ1n) is 7.50. The van der Waals surface area contributed by atoms with Crippen LogP contribution in [0.3, 0.4) is 0 Å². The molecular weight excluding hydrogens is 429 g/mol. The van der Waals surface area contributed by atoms with Crippen LogP contribution in [-0.4, -0.2) is 24.7 Å². The van der Waals surface area contributed by atoms with Crippen molar-refractivity contribution >= 4 is 62.2 Å². The van der Waals surface area contributed by atoms with E-state index in [2.05, 4.69) is 15.2 Å². The molecule has 0 aliphatic heterocycles. The Bertz CT molecular complexity index is 1190. The normalized spacial score (nSPS) is 11.2. The molecule has 0 saturated heterocycles. The number of aromatic nitrogens is 4. The van der Waals surface area contributed by atoms with E-state index >= 15 is 0 Å². The fourth-order valence-electron chi connectivity index (χ4n) is 2.44. The summed E-state index contributed by atoms with van der Waals surface area (Å²) in [6.45, 7) is 0. The van der Waals surface area contributed by atoms with Crippen LogP contribution in [0.25, 0.3) is 21.6 Å². The van der Waals surface area contributed by atoms with Crippen molar-refractivity contribution in [3.63, 3.8) is 0 Å². The Morgan fingerprint density at radius 2 is 2.00 bits per heavy atom. The number of nitro benzene ring substituents is 1. The number of rotatable bonds is 4. The molecule has 0 N–H and O–H groups in total. The van der Waals surface area contributed by atoms with Crippen molar-refractivity contribution in [1.82, 2.24) is 19.7 Å². The van der Waals surface area contributed by atoms with E-state index in [1.54, 1.807) is 24.3 Å². The summed E-state index contributed by atoms with van der Waals surface area (Å²) in [5.74, 6) is 0.607. The molecule has 0 atom stereocenters. The zero-order valence-corrected chi connectivity index (χ0v) is 16.7. The minimum absolute atomic E-state index is 0.0426. The molecule has 0 amide bonds. The average molecular weight is 438 g/mol. The Kier molecular flexibility index (Phi) is 4.77. The third kappa shape index (κ3) is 3.51. The molecule has 7 nitrogen and oxygen atoms in total. The molecule has 2 aromatic carbocycles. The molecule has 0 aliphatic rings. The van der Waals surface area contributed by atoms with Crippen LogP contribution < -0.4 is 0 Å². The van der Waals surface area contributed by atoms with E-state index in [1.807, 2.05) is 11.6 Å². The Morgan fingerprint density at radius 1 is 1.19 bits per heavy atom. The molecular formula is C16H9Cl2N5O2S2. The molecule has 27 heavy (non-hydrogen) atoms. The number of nitro groups is 1. The summed E-state index contributed by atoms with van der Waals surface area (Å²) in [6, 6.07) is 9.79. The van der Waals surface area contributed by atoms with Gasteiger partial charge in [-0.2, -0.15) is 0 Å². The zero-order chi connectivity index (χ0) is 19.1. The Hall–Kier alpha value is -2.20. The Labute approximate surface area is 171 Å². The van der Waals surface area contributed by atoms with Gasteiger partial charge in [0, 0.05) is 29.8 Å². The predicted octanol–water partition coefficient (Wildman–Crippen LogP) is 5.46. The highest BCUT2D eigenvalue weighted by Crippen LogP contribution is 2.36. The van der Waals surface area contributed by atoms with Gasteiger partial charge >= 0.3 is 0 Å². The summed E-state index contributed by atoms with van der Waals surface area (Å²) in [7, 11) is 1.83. The second kappa shape index (κ2) is 7.08. The second-order valence-electron chi connectivity index (χ2n) is 5.48. The molecule has 0 saturated carbocycles.